The van der Waals surface area contributed by atoms with Gasteiger partial charge in [-0.2, -0.15) is 0 Å². The van der Waals surface area contributed by atoms with Gasteiger partial charge in [-0.25, -0.2) is 0 Å². The van der Waals surface area contributed by atoms with Crippen molar-refractivity contribution < 1.29 is 9.90 Å². The average Bonchev–Trinajstić information content (AvgIpc) is 2.28. The molecular weight excluding hydrogens is 368 g/mol. The molecular formula is C8H11Br3O2. The lowest BCUT2D eigenvalue weighted by Crippen LogP contribution is -2.05. The Morgan fingerprint density at radius 2 is 1.92 bits per heavy atom. The van der Waals surface area contributed by atoms with Gasteiger partial charge in [0.25, 0.3) is 0 Å². The number of hydrogen-bond donors (Lipinski definition) is 1. The van der Waals surface area contributed by atoms with Crippen molar-refractivity contribution in [1.29, 1.82) is 0 Å². The molecule has 2 atom stereocenters. The van der Waals surface area contributed by atoms with Gasteiger partial charge in [-0.1, -0.05) is 61.6 Å². The van der Waals surface area contributed by atoms with Gasteiger partial charge in [-0.3, -0.25) is 4.79 Å². The van der Waals surface area contributed by atoms with Gasteiger partial charge in [0, 0.05) is 0 Å². The normalized spacial score (nSPS) is 31.5. The van der Waals surface area contributed by atoms with Crippen molar-refractivity contribution in [2.45, 2.75) is 22.4 Å². The number of halogens is 3. The predicted octanol–water partition coefficient (Wildman–Crippen LogP) is 3.57. The fourth-order valence-electron chi connectivity index (χ4n) is 1.86. The summed E-state index contributed by atoms with van der Waals surface area (Å²) in [5, 5.41) is 8.91. The van der Waals surface area contributed by atoms with Crippen LogP contribution in [0.25, 0.3) is 0 Å². The van der Waals surface area contributed by atoms with Gasteiger partial charge in [0.15, 0.2) is 0 Å². The first-order valence-corrected chi connectivity index (χ1v) is 6.33. The maximum Gasteiger partial charge on any atom is 0.307 e. The SMILES string of the molecule is CC1(C)C(CC(Br)(Br)Br)C1C(=O)O. The maximum absolute atomic E-state index is 10.8. The fraction of sp³-hybridized carbons (Fsp3) is 0.875. The molecule has 0 heterocycles. The second-order valence-corrected chi connectivity index (χ2v) is 11.3. The Balaban J connectivity index is 2.61. The summed E-state index contributed by atoms with van der Waals surface area (Å²) in [4.78, 5) is 10.8. The first-order chi connectivity index (χ1) is 5.66. The van der Waals surface area contributed by atoms with Crippen LogP contribution in [0.2, 0.25) is 0 Å². The zero-order valence-electron chi connectivity index (χ0n) is 7.35. The minimum absolute atomic E-state index is 0.0770. The molecule has 0 aliphatic heterocycles. The van der Waals surface area contributed by atoms with E-state index in [-0.39, 0.29) is 19.4 Å². The van der Waals surface area contributed by atoms with E-state index in [9.17, 15) is 4.79 Å². The van der Waals surface area contributed by atoms with Crippen LogP contribution in [0.1, 0.15) is 20.3 Å². The van der Waals surface area contributed by atoms with Gasteiger partial charge < -0.3 is 5.11 Å². The minimum atomic E-state index is -0.688. The van der Waals surface area contributed by atoms with Crippen molar-refractivity contribution in [1.82, 2.24) is 0 Å². The molecule has 2 unspecified atom stereocenters. The highest BCUT2D eigenvalue weighted by Crippen LogP contribution is 2.63. The Hall–Kier alpha value is 0.910. The summed E-state index contributed by atoms with van der Waals surface area (Å²) >= 11 is 10.2. The zero-order valence-corrected chi connectivity index (χ0v) is 12.1. The molecule has 1 aliphatic rings. The highest BCUT2D eigenvalue weighted by molar-refractivity contribution is 9.39. The number of aliphatic carboxylic acids is 1. The van der Waals surface area contributed by atoms with E-state index in [1.54, 1.807) is 0 Å². The summed E-state index contributed by atoms with van der Waals surface area (Å²) in [5.41, 5.74) is -0.0770. The molecule has 0 saturated heterocycles. The molecule has 1 fully saturated rings. The standard InChI is InChI=1S/C8H11Br3O2/c1-7(2)4(3-8(9,10)11)5(7)6(12)13/h4-5H,3H2,1-2H3,(H,12,13). The van der Waals surface area contributed by atoms with Crippen molar-refractivity contribution in [2.75, 3.05) is 0 Å². The van der Waals surface area contributed by atoms with Gasteiger partial charge >= 0.3 is 5.97 Å². The van der Waals surface area contributed by atoms with Crippen molar-refractivity contribution >= 4 is 53.8 Å². The van der Waals surface area contributed by atoms with Crippen LogP contribution in [0.4, 0.5) is 0 Å². The molecule has 0 bridgehead atoms. The van der Waals surface area contributed by atoms with Crippen LogP contribution in [-0.2, 0) is 4.79 Å². The van der Waals surface area contributed by atoms with E-state index in [1.807, 2.05) is 13.8 Å². The molecule has 0 aromatic carbocycles. The summed E-state index contributed by atoms with van der Waals surface area (Å²) in [6.45, 7) is 3.99. The lowest BCUT2D eigenvalue weighted by atomic mass is 10.1. The Morgan fingerprint density at radius 1 is 1.46 bits per heavy atom. The van der Waals surface area contributed by atoms with Crippen molar-refractivity contribution in [3.63, 3.8) is 0 Å². The van der Waals surface area contributed by atoms with Crippen LogP contribution >= 0.6 is 47.8 Å². The number of hydrogen-bond acceptors (Lipinski definition) is 1. The second-order valence-electron chi connectivity index (χ2n) is 4.06. The van der Waals surface area contributed by atoms with Crippen LogP contribution in [-0.4, -0.2) is 13.2 Å². The number of carbonyl (C=O) groups is 1. The van der Waals surface area contributed by atoms with Gasteiger partial charge in [0.1, 0.15) is 2.14 Å². The van der Waals surface area contributed by atoms with Gasteiger partial charge in [0.2, 0.25) is 0 Å². The van der Waals surface area contributed by atoms with E-state index in [0.29, 0.717) is 0 Å². The molecule has 2 nitrogen and oxygen atoms in total. The smallest absolute Gasteiger partial charge is 0.307 e. The topological polar surface area (TPSA) is 37.3 Å². The summed E-state index contributed by atoms with van der Waals surface area (Å²) in [6.07, 6.45) is 0.761. The Labute approximate surface area is 103 Å². The van der Waals surface area contributed by atoms with Gasteiger partial charge in [-0.15, -0.1) is 0 Å². The lowest BCUT2D eigenvalue weighted by Gasteiger charge is -2.11. The number of carboxylic acid groups (broad SMARTS) is 1. The first kappa shape index (κ1) is 12.0. The highest BCUT2D eigenvalue weighted by Gasteiger charge is 2.63. The maximum atomic E-state index is 10.8. The third-order valence-corrected chi connectivity index (χ3v) is 3.74. The van der Waals surface area contributed by atoms with Gasteiger partial charge in [0.05, 0.1) is 5.92 Å². The molecule has 0 aromatic rings. The first-order valence-electron chi connectivity index (χ1n) is 3.96. The Bertz CT molecular complexity index is 232. The average molecular weight is 379 g/mol. The monoisotopic (exact) mass is 376 g/mol. The van der Waals surface area contributed by atoms with Crippen LogP contribution in [0.5, 0.6) is 0 Å². The fourth-order valence-corrected chi connectivity index (χ4v) is 2.91. The number of alkyl halides is 3. The quantitative estimate of drug-likeness (QED) is 0.746. The molecule has 1 saturated carbocycles. The van der Waals surface area contributed by atoms with Crippen LogP contribution in [0.3, 0.4) is 0 Å². The molecule has 0 aromatic heterocycles. The zero-order chi connectivity index (χ0) is 10.4. The van der Waals surface area contributed by atoms with Crippen molar-refractivity contribution in [3.8, 4) is 0 Å². The van der Waals surface area contributed by atoms with E-state index in [0.717, 1.165) is 6.42 Å². The molecule has 13 heavy (non-hydrogen) atoms. The third-order valence-electron chi connectivity index (χ3n) is 2.77. The Kier molecular flexibility index (Phi) is 3.22. The van der Waals surface area contributed by atoms with Gasteiger partial charge in [-0.05, 0) is 17.8 Å². The molecule has 0 spiro atoms. The third kappa shape index (κ3) is 2.69. The van der Waals surface area contributed by atoms with E-state index in [4.69, 9.17) is 5.11 Å². The van der Waals surface area contributed by atoms with E-state index >= 15 is 0 Å². The second kappa shape index (κ2) is 3.49. The molecule has 76 valence electrons. The minimum Gasteiger partial charge on any atom is -0.481 e. The molecule has 1 aliphatic carbocycles. The van der Waals surface area contributed by atoms with Crippen molar-refractivity contribution in [2.24, 2.45) is 17.3 Å². The molecule has 0 amide bonds. The number of rotatable bonds is 2. The van der Waals surface area contributed by atoms with Crippen LogP contribution < -0.4 is 0 Å². The van der Waals surface area contributed by atoms with Crippen LogP contribution in [0.15, 0.2) is 0 Å². The summed E-state index contributed by atoms with van der Waals surface area (Å²) < 4.78 is -0.320. The highest BCUT2D eigenvalue weighted by atomic mass is 80.0. The largest absolute Gasteiger partial charge is 0.481 e. The number of carboxylic acids is 1. The van der Waals surface area contributed by atoms with E-state index in [2.05, 4.69) is 47.8 Å². The Morgan fingerprint density at radius 3 is 2.15 bits per heavy atom. The predicted molar refractivity (Wildman–Crippen MR) is 62.5 cm³/mol. The van der Waals surface area contributed by atoms with Crippen molar-refractivity contribution in [3.05, 3.63) is 0 Å². The summed E-state index contributed by atoms with van der Waals surface area (Å²) in [6, 6.07) is 0. The molecule has 1 rings (SSSR count). The lowest BCUT2D eigenvalue weighted by molar-refractivity contribution is -0.139. The molecule has 0 radical (unpaired) electrons. The van der Waals surface area contributed by atoms with Crippen LogP contribution in [0, 0.1) is 17.3 Å². The summed E-state index contributed by atoms with van der Waals surface area (Å²) in [7, 11) is 0. The van der Waals surface area contributed by atoms with E-state index < -0.39 is 5.97 Å². The molecule has 5 heteroatoms. The molecule has 1 N–H and O–H groups in total. The van der Waals surface area contributed by atoms with E-state index in [1.165, 1.54) is 0 Å². The summed E-state index contributed by atoms with van der Waals surface area (Å²) in [5.74, 6) is -0.672.